The molecule has 0 radical (unpaired) electrons. The number of esters is 1. The molecule has 0 aliphatic rings. The molecule has 1 N–H and O–H groups in total. The Morgan fingerprint density at radius 3 is 2.37 bits per heavy atom. The van der Waals surface area contributed by atoms with Gasteiger partial charge in [-0.15, -0.1) is 0 Å². The molecule has 0 atom stereocenters. The van der Waals surface area contributed by atoms with Gasteiger partial charge in [0, 0.05) is 26.7 Å². The van der Waals surface area contributed by atoms with Gasteiger partial charge in [-0.1, -0.05) is 52.1 Å². The van der Waals surface area contributed by atoms with Crippen molar-refractivity contribution in [3.8, 4) is 5.75 Å². The van der Waals surface area contributed by atoms with E-state index >= 15 is 0 Å². The highest BCUT2D eigenvalue weighted by Gasteiger charge is 2.33. The van der Waals surface area contributed by atoms with E-state index in [0.717, 1.165) is 5.56 Å². The Balaban J connectivity index is 1.47. The molecule has 7 nitrogen and oxygen atoms in total. The molecule has 4 aromatic rings. The fourth-order valence-corrected chi connectivity index (χ4v) is 5.19. The molecule has 0 fully saturated rings. The van der Waals surface area contributed by atoms with E-state index in [4.69, 9.17) is 48.8 Å². The Morgan fingerprint density at radius 1 is 0.974 bits per heavy atom. The van der Waals surface area contributed by atoms with Crippen LogP contribution in [0, 0.1) is 0 Å². The summed E-state index contributed by atoms with van der Waals surface area (Å²) in [6.07, 6.45) is 1.51. The number of carbonyl (C=O) groups is 2. The number of methoxy groups -OCH3 is 1. The van der Waals surface area contributed by atoms with E-state index in [1.54, 1.807) is 54.6 Å². The standard InChI is InChI=1S/C28H23Cl3N2O5/c1-28(2,24-21(29)8-5-9-22(24)30)25-17(15-38-33-25)14-37-19-10-11-20(23(31)13-19)26(34)32-18-7-4-6-16(12-18)27(35)36-3/h4-13,15H,14H2,1-3H3,(H,32,34). The van der Waals surface area contributed by atoms with Gasteiger partial charge in [0.2, 0.25) is 0 Å². The van der Waals surface area contributed by atoms with Crippen LogP contribution in [-0.2, 0) is 16.8 Å². The van der Waals surface area contributed by atoms with E-state index in [-0.39, 0.29) is 17.2 Å². The lowest BCUT2D eigenvalue weighted by Crippen LogP contribution is -2.22. The van der Waals surface area contributed by atoms with Crippen molar-refractivity contribution in [1.29, 1.82) is 0 Å². The molecule has 0 saturated heterocycles. The number of halogens is 3. The number of carbonyl (C=O) groups excluding carboxylic acids is 2. The molecular weight excluding hydrogens is 551 g/mol. The number of aromatic nitrogens is 1. The summed E-state index contributed by atoms with van der Waals surface area (Å²) in [4.78, 5) is 24.5. The number of amides is 1. The monoisotopic (exact) mass is 572 g/mol. The van der Waals surface area contributed by atoms with Crippen molar-refractivity contribution in [2.24, 2.45) is 0 Å². The zero-order valence-electron chi connectivity index (χ0n) is 20.7. The predicted octanol–water partition coefficient (Wildman–Crippen LogP) is 7.58. The largest absolute Gasteiger partial charge is 0.489 e. The van der Waals surface area contributed by atoms with Gasteiger partial charge in [0.05, 0.1) is 28.8 Å². The lowest BCUT2D eigenvalue weighted by atomic mass is 9.80. The molecule has 0 bridgehead atoms. The number of hydrogen-bond donors (Lipinski definition) is 1. The summed E-state index contributed by atoms with van der Waals surface area (Å²) < 4.78 is 15.9. The Kier molecular flexibility index (Phi) is 8.31. The first kappa shape index (κ1) is 27.5. The highest BCUT2D eigenvalue weighted by Crippen LogP contribution is 2.41. The van der Waals surface area contributed by atoms with E-state index in [2.05, 4.69) is 10.5 Å². The summed E-state index contributed by atoms with van der Waals surface area (Å²) in [6.45, 7) is 4.03. The van der Waals surface area contributed by atoms with Crippen LogP contribution in [0.1, 0.15) is 51.4 Å². The number of benzene rings is 3. The van der Waals surface area contributed by atoms with Crippen LogP contribution in [0.2, 0.25) is 15.1 Å². The molecule has 0 spiro atoms. The van der Waals surface area contributed by atoms with Gasteiger partial charge in [-0.05, 0) is 62.4 Å². The summed E-state index contributed by atoms with van der Waals surface area (Å²) in [6, 6.07) is 16.5. The molecule has 3 aromatic carbocycles. The Hall–Kier alpha value is -3.52. The van der Waals surface area contributed by atoms with Gasteiger partial charge in [0.15, 0.2) is 0 Å². The van der Waals surface area contributed by atoms with E-state index in [1.165, 1.54) is 19.4 Å². The third-order valence-corrected chi connectivity index (χ3v) is 6.89. The fourth-order valence-electron chi connectivity index (χ4n) is 4.06. The quantitative estimate of drug-likeness (QED) is 0.219. The molecule has 196 valence electrons. The summed E-state index contributed by atoms with van der Waals surface area (Å²) >= 11 is 19.3. The summed E-state index contributed by atoms with van der Waals surface area (Å²) in [5.74, 6) is -0.502. The lowest BCUT2D eigenvalue weighted by Gasteiger charge is -2.26. The molecule has 0 aliphatic heterocycles. The normalized spacial score (nSPS) is 11.2. The second-order valence-corrected chi connectivity index (χ2v) is 10.1. The smallest absolute Gasteiger partial charge is 0.337 e. The molecule has 1 aromatic heterocycles. The van der Waals surface area contributed by atoms with Crippen LogP contribution in [0.5, 0.6) is 5.75 Å². The number of ether oxygens (including phenoxy) is 2. The minimum Gasteiger partial charge on any atom is -0.489 e. The Labute approximate surface area is 234 Å². The maximum atomic E-state index is 12.8. The predicted molar refractivity (Wildman–Crippen MR) is 147 cm³/mol. The second-order valence-electron chi connectivity index (χ2n) is 8.87. The van der Waals surface area contributed by atoms with E-state index in [9.17, 15) is 9.59 Å². The average molecular weight is 574 g/mol. The molecular formula is C28H23Cl3N2O5. The maximum absolute atomic E-state index is 12.8. The number of nitrogens with one attached hydrogen (secondary N) is 1. The minimum atomic E-state index is -0.661. The van der Waals surface area contributed by atoms with Crippen LogP contribution in [0.15, 0.2) is 71.4 Å². The van der Waals surface area contributed by atoms with Crippen LogP contribution in [0.25, 0.3) is 0 Å². The van der Waals surface area contributed by atoms with E-state index < -0.39 is 17.3 Å². The molecule has 38 heavy (non-hydrogen) atoms. The summed E-state index contributed by atoms with van der Waals surface area (Å²) in [5, 5.41) is 8.16. The van der Waals surface area contributed by atoms with Crippen molar-refractivity contribution in [2.75, 3.05) is 12.4 Å². The van der Waals surface area contributed by atoms with Gasteiger partial charge < -0.3 is 19.3 Å². The maximum Gasteiger partial charge on any atom is 0.337 e. The van der Waals surface area contributed by atoms with Crippen molar-refractivity contribution in [3.63, 3.8) is 0 Å². The summed E-state index contributed by atoms with van der Waals surface area (Å²) in [5.41, 5.74) is 2.38. The third-order valence-electron chi connectivity index (χ3n) is 5.94. The van der Waals surface area contributed by atoms with Gasteiger partial charge >= 0.3 is 5.97 Å². The topological polar surface area (TPSA) is 90.7 Å². The van der Waals surface area contributed by atoms with Gasteiger partial charge in [-0.3, -0.25) is 4.79 Å². The molecule has 10 heteroatoms. The van der Waals surface area contributed by atoms with Crippen LogP contribution in [0.3, 0.4) is 0 Å². The van der Waals surface area contributed by atoms with Crippen LogP contribution in [0.4, 0.5) is 5.69 Å². The van der Waals surface area contributed by atoms with Crippen LogP contribution in [-0.4, -0.2) is 24.1 Å². The average Bonchev–Trinajstić information content (AvgIpc) is 3.36. The molecule has 0 aliphatic carbocycles. The fraction of sp³-hybridized carbons (Fsp3) is 0.179. The van der Waals surface area contributed by atoms with Crippen LogP contribution >= 0.6 is 34.8 Å². The highest BCUT2D eigenvalue weighted by atomic mass is 35.5. The zero-order valence-corrected chi connectivity index (χ0v) is 22.9. The Bertz CT molecular complexity index is 1480. The first-order valence-electron chi connectivity index (χ1n) is 11.4. The van der Waals surface area contributed by atoms with Crippen molar-refractivity contribution in [2.45, 2.75) is 25.9 Å². The lowest BCUT2D eigenvalue weighted by molar-refractivity contribution is 0.0600. The van der Waals surface area contributed by atoms with Crippen molar-refractivity contribution < 1.29 is 23.6 Å². The number of hydrogen-bond acceptors (Lipinski definition) is 6. The first-order valence-corrected chi connectivity index (χ1v) is 12.6. The first-order chi connectivity index (χ1) is 18.1. The third kappa shape index (κ3) is 5.80. The molecule has 0 saturated carbocycles. The molecule has 1 amide bonds. The number of rotatable bonds is 8. The SMILES string of the molecule is COC(=O)c1cccc(NC(=O)c2ccc(OCc3conc3C(C)(C)c3c(Cl)cccc3Cl)cc2Cl)c1. The van der Waals surface area contributed by atoms with Gasteiger partial charge in [-0.25, -0.2) is 4.79 Å². The van der Waals surface area contributed by atoms with Crippen molar-refractivity contribution in [1.82, 2.24) is 5.16 Å². The molecule has 1 heterocycles. The second kappa shape index (κ2) is 11.5. The number of nitrogens with zero attached hydrogens (tertiary/aromatic N) is 1. The highest BCUT2D eigenvalue weighted by molar-refractivity contribution is 6.36. The van der Waals surface area contributed by atoms with Gasteiger partial charge in [0.25, 0.3) is 5.91 Å². The molecule has 0 unspecified atom stereocenters. The van der Waals surface area contributed by atoms with Crippen molar-refractivity contribution in [3.05, 3.63) is 110 Å². The summed E-state index contributed by atoms with van der Waals surface area (Å²) in [7, 11) is 1.29. The van der Waals surface area contributed by atoms with Crippen LogP contribution < -0.4 is 10.1 Å². The van der Waals surface area contributed by atoms with Gasteiger partial charge in [0.1, 0.15) is 24.3 Å². The zero-order chi connectivity index (χ0) is 27.4. The number of anilines is 1. The van der Waals surface area contributed by atoms with Crippen molar-refractivity contribution >= 4 is 52.4 Å². The molecule has 4 rings (SSSR count). The van der Waals surface area contributed by atoms with E-state index in [1.807, 2.05) is 13.8 Å². The van der Waals surface area contributed by atoms with E-state index in [0.29, 0.717) is 38.3 Å². The Morgan fingerprint density at radius 2 is 1.68 bits per heavy atom. The minimum absolute atomic E-state index is 0.131. The van der Waals surface area contributed by atoms with Gasteiger partial charge in [-0.2, -0.15) is 0 Å².